The lowest BCUT2D eigenvalue weighted by Gasteiger charge is -2.30. The molecule has 0 unspecified atom stereocenters. The maximum Gasteiger partial charge on any atom is 0.124 e. The fraction of sp³-hybridized carbons (Fsp3) is 0.350. The lowest BCUT2D eigenvalue weighted by molar-refractivity contribution is 0.00630. The van der Waals surface area contributed by atoms with Crippen molar-refractivity contribution in [2.75, 3.05) is 6.61 Å². The van der Waals surface area contributed by atoms with Crippen LogP contribution in [0.4, 0.5) is 0 Å². The number of nitrogens with zero attached hydrogens (tertiary/aromatic N) is 4. The molecule has 4 heterocycles. The third-order valence-electron chi connectivity index (χ3n) is 5.20. The summed E-state index contributed by atoms with van der Waals surface area (Å²) in [6.45, 7) is 2.87. The summed E-state index contributed by atoms with van der Waals surface area (Å²) in [5, 5.41) is 5.79. The van der Waals surface area contributed by atoms with Crippen molar-refractivity contribution in [2.24, 2.45) is 0 Å². The highest BCUT2D eigenvalue weighted by atomic mass is 35.5. The predicted octanol–water partition coefficient (Wildman–Crippen LogP) is 4.56. The van der Waals surface area contributed by atoms with Gasteiger partial charge in [0.1, 0.15) is 17.6 Å². The molecule has 6 nitrogen and oxygen atoms in total. The second-order valence-electron chi connectivity index (χ2n) is 7.08. The Balaban J connectivity index is 1.76. The summed E-state index contributed by atoms with van der Waals surface area (Å²) >= 11 is 6.30. The third kappa shape index (κ3) is 2.99. The van der Waals surface area contributed by atoms with Gasteiger partial charge in [-0.3, -0.25) is 4.98 Å². The van der Waals surface area contributed by atoms with Gasteiger partial charge >= 0.3 is 0 Å². The smallest absolute Gasteiger partial charge is 0.124 e. The standard InChI is InChI=1S/C20H19ClN4O2/c1-12-8-15(5-6-26-12)25-19(10-14-4-7-27-24-14)23-18-11-22-17-3-2-13(21)9-16(17)20(18)25/h2-4,7,9,11-12,15H,5-6,8,10H2,1H3/t12-,15-/m1/s1. The summed E-state index contributed by atoms with van der Waals surface area (Å²) in [7, 11) is 0. The Morgan fingerprint density at radius 1 is 1.26 bits per heavy atom. The van der Waals surface area contributed by atoms with Gasteiger partial charge in [-0.1, -0.05) is 16.8 Å². The molecule has 3 aromatic heterocycles. The number of halogens is 1. The van der Waals surface area contributed by atoms with Gasteiger partial charge in [-0.25, -0.2) is 4.98 Å². The molecule has 0 bridgehead atoms. The Labute approximate surface area is 161 Å². The van der Waals surface area contributed by atoms with Crippen LogP contribution >= 0.6 is 11.6 Å². The van der Waals surface area contributed by atoms with Gasteiger partial charge in [0.25, 0.3) is 0 Å². The first-order chi connectivity index (χ1) is 13.2. The second-order valence-corrected chi connectivity index (χ2v) is 7.52. The molecule has 7 heteroatoms. The Kier molecular flexibility index (Phi) is 4.10. The molecular weight excluding hydrogens is 364 g/mol. The Morgan fingerprint density at radius 3 is 3.00 bits per heavy atom. The normalized spacial score (nSPS) is 20.5. The Bertz CT molecular complexity index is 1110. The molecule has 0 aliphatic carbocycles. The number of benzene rings is 1. The highest BCUT2D eigenvalue weighted by molar-refractivity contribution is 6.31. The molecule has 1 fully saturated rings. The van der Waals surface area contributed by atoms with Crippen LogP contribution in [0.1, 0.15) is 37.3 Å². The van der Waals surface area contributed by atoms with E-state index in [1.165, 1.54) is 0 Å². The van der Waals surface area contributed by atoms with E-state index in [1.54, 1.807) is 6.26 Å². The zero-order chi connectivity index (χ0) is 18.4. The van der Waals surface area contributed by atoms with E-state index in [-0.39, 0.29) is 6.10 Å². The van der Waals surface area contributed by atoms with Gasteiger partial charge in [0.15, 0.2) is 0 Å². The molecule has 0 saturated carbocycles. The topological polar surface area (TPSA) is 66.0 Å². The molecule has 0 N–H and O–H groups in total. The van der Waals surface area contributed by atoms with Gasteiger partial charge in [-0.05, 0) is 38.0 Å². The van der Waals surface area contributed by atoms with Crippen molar-refractivity contribution < 1.29 is 9.26 Å². The highest BCUT2D eigenvalue weighted by Gasteiger charge is 2.26. The van der Waals surface area contributed by atoms with E-state index in [0.29, 0.717) is 17.5 Å². The zero-order valence-corrected chi connectivity index (χ0v) is 15.7. The number of rotatable bonds is 3. The minimum absolute atomic E-state index is 0.220. The van der Waals surface area contributed by atoms with E-state index in [4.69, 9.17) is 25.8 Å². The van der Waals surface area contributed by atoms with Crippen LogP contribution in [0.25, 0.3) is 21.9 Å². The quantitative estimate of drug-likeness (QED) is 0.519. The van der Waals surface area contributed by atoms with Crippen molar-refractivity contribution in [1.82, 2.24) is 19.7 Å². The molecule has 27 heavy (non-hydrogen) atoms. The van der Waals surface area contributed by atoms with Crippen LogP contribution in [0, 0.1) is 0 Å². The van der Waals surface area contributed by atoms with Crippen LogP contribution < -0.4 is 0 Å². The SMILES string of the molecule is C[C@@H]1C[C@H](n2c(Cc3ccon3)nc3cnc4ccc(Cl)cc4c32)CCO1. The number of pyridine rings is 1. The van der Waals surface area contributed by atoms with Crippen LogP contribution in [-0.4, -0.2) is 32.4 Å². The van der Waals surface area contributed by atoms with Crippen molar-refractivity contribution in [3.63, 3.8) is 0 Å². The minimum atomic E-state index is 0.220. The van der Waals surface area contributed by atoms with E-state index >= 15 is 0 Å². The molecule has 0 spiro atoms. The lowest BCUT2D eigenvalue weighted by atomic mass is 10.0. The average Bonchev–Trinajstić information content (AvgIpc) is 3.29. The van der Waals surface area contributed by atoms with Gasteiger partial charge in [0.2, 0.25) is 0 Å². The molecule has 0 amide bonds. The largest absolute Gasteiger partial charge is 0.378 e. The number of ether oxygens (including phenoxy) is 1. The first-order valence-electron chi connectivity index (χ1n) is 9.15. The molecule has 1 aliphatic heterocycles. The summed E-state index contributed by atoms with van der Waals surface area (Å²) < 4.78 is 13.1. The minimum Gasteiger partial charge on any atom is -0.378 e. The van der Waals surface area contributed by atoms with Gasteiger partial charge in [-0.2, -0.15) is 0 Å². The van der Waals surface area contributed by atoms with Crippen LogP contribution in [0.5, 0.6) is 0 Å². The summed E-state index contributed by atoms with van der Waals surface area (Å²) in [4.78, 5) is 9.47. The number of aromatic nitrogens is 4. The maximum atomic E-state index is 6.30. The van der Waals surface area contributed by atoms with Gasteiger partial charge < -0.3 is 13.8 Å². The summed E-state index contributed by atoms with van der Waals surface area (Å²) in [6.07, 6.45) is 6.16. The van der Waals surface area contributed by atoms with Crippen LogP contribution in [0.3, 0.4) is 0 Å². The predicted molar refractivity (Wildman–Crippen MR) is 103 cm³/mol. The van der Waals surface area contributed by atoms with Gasteiger partial charge in [-0.15, -0.1) is 0 Å². The Morgan fingerprint density at radius 2 is 2.19 bits per heavy atom. The zero-order valence-electron chi connectivity index (χ0n) is 14.9. The molecule has 2 atom stereocenters. The van der Waals surface area contributed by atoms with E-state index in [9.17, 15) is 0 Å². The molecule has 1 aromatic carbocycles. The molecule has 0 radical (unpaired) electrons. The van der Waals surface area contributed by atoms with Gasteiger partial charge in [0.05, 0.1) is 35.4 Å². The number of fused-ring (bicyclic) bond motifs is 3. The second kappa shape index (κ2) is 6.62. The fourth-order valence-corrected chi connectivity index (χ4v) is 4.19. The first kappa shape index (κ1) is 16.7. The summed E-state index contributed by atoms with van der Waals surface area (Å²) in [5.74, 6) is 0.965. The summed E-state index contributed by atoms with van der Waals surface area (Å²) in [5.41, 5.74) is 3.74. The van der Waals surface area contributed by atoms with Crippen molar-refractivity contribution in [2.45, 2.75) is 38.3 Å². The van der Waals surface area contributed by atoms with E-state index in [2.05, 4.69) is 21.6 Å². The van der Waals surface area contributed by atoms with Crippen molar-refractivity contribution in [3.8, 4) is 0 Å². The van der Waals surface area contributed by atoms with Gasteiger partial charge in [0, 0.05) is 29.1 Å². The molecular formula is C20H19ClN4O2. The first-order valence-corrected chi connectivity index (χ1v) is 9.53. The molecule has 138 valence electrons. The number of hydrogen-bond donors (Lipinski definition) is 0. The lowest BCUT2D eigenvalue weighted by Crippen LogP contribution is -2.26. The van der Waals surface area contributed by atoms with Crippen molar-refractivity contribution >= 4 is 33.5 Å². The van der Waals surface area contributed by atoms with Crippen LogP contribution in [-0.2, 0) is 11.2 Å². The van der Waals surface area contributed by atoms with E-state index in [1.807, 2.05) is 30.5 Å². The van der Waals surface area contributed by atoms with E-state index in [0.717, 1.165) is 52.9 Å². The monoisotopic (exact) mass is 382 g/mol. The Hall–Kier alpha value is -2.44. The molecule has 4 aromatic rings. The molecule has 1 aliphatic rings. The molecule has 5 rings (SSSR count). The van der Waals surface area contributed by atoms with Crippen molar-refractivity contribution in [3.05, 3.63) is 53.3 Å². The fourth-order valence-electron chi connectivity index (χ4n) is 4.01. The molecule has 1 saturated heterocycles. The number of imidazole rings is 1. The number of hydrogen-bond acceptors (Lipinski definition) is 5. The van der Waals surface area contributed by atoms with Crippen LogP contribution in [0.2, 0.25) is 5.02 Å². The average molecular weight is 383 g/mol. The van der Waals surface area contributed by atoms with Crippen LogP contribution in [0.15, 0.2) is 41.2 Å². The summed E-state index contributed by atoms with van der Waals surface area (Å²) in [6, 6.07) is 8.00. The third-order valence-corrected chi connectivity index (χ3v) is 5.44. The highest BCUT2D eigenvalue weighted by Crippen LogP contribution is 2.34. The maximum absolute atomic E-state index is 6.30. The van der Waals surface area contributed by atoms with E-state index < -0.39 is 0 Å². The van der Waals surface area contributed by atoms with Crippen molar-refractivity contribution in [1.29, 1.82) is 0 Å².